The van der Waals surface area contributed by atoms with Crippen molar-refractivity contribution in [2.24, 2.45) is 5.92 Å². The van der Waals surface area contributed by atoms with Gasteiger partial charge in [0.15, 0.2) is 12.3 Å². The van der Waals surface area contributed by atoms with Crippen LogP contribution in [0.15, 0.2) is 30.3 Å². The van der Waals surface area contributed by atoms with Crippen LogP contribution in [-0.4, -0.2) is 30.8 Å². The number of hydrogen-bond acceptors (Lipinski definition) is 4. The number of benzene rings is 1. The quantitative estimate of drug-likeness (QED) is 0.851. The van der Waals surface area contributed by atoms with Gasteiger partial charge < -0.3 is 14.8 Å². The summed E-state index contributed by atoms with van der Waals surface area (Å²) < 4.78 is 10.2. The second-order valence-corrected chi connectivity index (χ2v) is 5.40. The van der Waals surface area contributed by atoms with Crippen LogP contribution in [0.3, 0.4) is 0 Å². The summed E-state index contributed by atoms with van der Waals surface area (Å²) in [4.78, 5) is 24.4. The van der Waals surface area contributed by atoms with Gasteiger partial charge in [0.1, 0.15) is 0 Å². The number of carbonyl (C=O) groups excluding carboxylic acids is 2. The fraction of sp³-hybridized carbons (Fsp3) is 0.467. The number of esters is 1. The molecule has 1 aliphatic rings. The highest BCUT2D eigenvalue weighted by molar-refractivity contribution is 5.98. The molecule has 5 heteroatoms. The molecule has 2 rings (SSSR count). The minimum Gasteiger partial charge on any atom is -0.437 e. The van der Waals surface area contributed by atoms with Gasteiger partial charge in [-0.15, -0.1) is 0 Å². The summed E-state index contributed by atoms with van der Waals surface area (Å²) in [7, 11) is 0. The lowest BCUT2D eigenvalue weighted by Gasteiger charge is -2.36. The molecule has 0 unspecified atom stereocenters. The molecular formula is C15H19NO4. The van der Waals surface area contributed by atoms with Crippen molar-refractivity contribution >= 4 is 11.9 Å². The van der Waals surface area contributed by atoms with Crippen molar-refractivity contribution in [2.45, 2.75) is 25.8 Å². The molecule has 1 N–H and O–H groups in total. The second kappa shape index (κ2) is 6.05. The summed E-state index contributed by atoms with van der Waals surface area (Å²) in [6, 6.07) is 8.79. The van der Waals surface area contributed by atoms with Gasteiger partial charge in [-0.25, -0.2) is 4.79 Å². The van der Waals surface area contributed by atoms with Crippen molar-refractivity contribution in [2.75, 3.05) is 13.4 Å². The van der Waals surface area contributed by atoms with Crippen molar-refractivity contribution in [1.82, 2.24) is 5.32 Å². The number of cyclic esters (lactones) is 1. The average molecular weight is 277 g/mol. The summed E-state index contributed by atoms with van der Waals surface area (Å²) in [5, 5.41) is 2.79. The standard InChI is InChI=1S/C15H19NO4/c1-11(2)8-15(9-19-10-20-14(15)18)16-13(17)12-6-4-3-5-7-12/h3-7,11H,8-10H2,1-2H3,(H,16,17)/t15-/m0/s1. The van der Waals surface area contributed by atoms with E-state index in [1.807, 2.05) is 19.9 Å². The topological polar surface area (TPSA) is 64.6 Å². The first-order valence-electron chi connectivity index (χ1n) is 6.66. The van der Waals surface area contributed by atoms with Gasteiger partial charge in [0.05, 0.1) is 6.61 Å². The average Bonchev–Trinajstić information content (AvgIpc) is 2.42. The molecule has 5 nitrogen and oxygen atoms in total. The molecule has 20 heavy (non-hydrogen) atoms. The third kappa shape index (κ3) is 3.17. The lowest BCUT2D eigenvalue weighted by Crippen LogP contribution is -2.61. The molecule has 1 atom stereocenters. The van der Waals surface area contributed by atoms with Crippen LogP contribution in [0.25, 0.3) is 0 Å². The van der Waals surface area contributed by atoms with Gasteiger partial charge in [-0.1, -0.05) is 32.0 Å². The van der Waals surface area contributed by atoms with Crippen LogP contribution in [0.2, 0.25) is 0 Å². The Morgan fingerprint density at radius 3 is 2.65 bits per heavy atom. The Bertz CT molecular complexity index is 486. The molecule has 0 spiro atoms. The lowest BCUT2D eigenvalue weighted by atomic mass is 9.88. The zero-order valence-corrected chi connectivity index (χ0v) is 11.7. The van der Waals surface area contributed by atoms with E-state index >= 15 is 0 Å². The maximum atomic E-state index is 12.3. The molecule has 1 amide bonds. The van der Waals surface area contributed by atoms with Gasteiger partial charge in [-0.05, 0) is 24.5 Å². The second-order valence-electron chi connectivity index (χ2n) is 5.40. The Kier molecular flexibility index (Phi) is 4.39. The van der Waals surface area contributed by atoms with E-state index in [0.29, 0.717) is 12.0 Å². The van der Waals surface area contributed by atoms with Crippen molar-refractivity contribution < 1.29 is 19.1 Å². The summed E-state index contributed by atoms with van der Waals surface area (Å²) in [6.45, 7) is 4.05. The van der Waals surface area contributed by atoms with Crippen LogP contribution < -0.4 is 5.32 Å². The highest BCUT2D eigenvalue weighted by Crippen LogP contribution is 2.23. The first kappa shape index (κ1) is 14.5. The van der Waals surface area contributed by atoms with Crippen LogP contribution in [0, 0.1) is 5.92 Å². The molecule has 0 radical (unpaired) electrons. The Morgan fingerprint density at radius 2 is 2.05 bits per heavy atom. The van der Waals surface area contributed by atoms with E-state index in [4.69, 9.17) is 9.47 Å². The van der Waals surface area contributed by atoms with Crippen LogP contribution in [-0.2, 0) is 14.3 Å². The predicted molar refractivity (Wildman–Crippen MR) is 73.0 cm³/mol. The normalized spacial score (nSPS) is 22.4. The Labute approximate surface area is 118 Å². The number of ether oxygens (including phenoxy) is 2. The Morgan fingerprint density at radius 1 is 1.35 bits per heavy atom. The van der Waals surface area contributed by atoms with Crippen molar-refractivity contribution in [3.05, 3.63) is 35.9 Å². The molecule has 1 aromatic rings. The number of hydrogen-bond donors (Lipinski definition) is 1. The van der Waals surface area contributed by atoms with Gasteiger partial charge in [0.2, 0.25) is 0 Å². The van der Waals surface area contributed by atoms with E-state index in [2.05, 4.69) is 5.32 Å². The first-order valence-corrected chi connectivity index (χ1v) is 6.66. The fourth-order valence-corrected chi connectivity index (χ4v) is 2.36. The fourth-order valence-electron chi connectivity index (χ4n) is 2.36. The highest BCUT2D eigenvalue weighted by atomic mass is 16.7. The summed E-state index contributed by atoms with van der Waals surface area (Å²) in [5.41, 5.74) is -0.590. The molecule has 1 aliphatic heterocycles. The molecule has 0 saturated carbocycles. The Balaban J connectivity index is 2.20. The molecule has 0 aromatic heterocycles. The predicted octanol–water partition coefficient (Wildman–Crippen LogP) is 1.73. The van der Waals surface area contributed by atoms with Crippen LogP contribution in [0.4, 0.5) is 0 Å². The van der Waals surface area contributed by atoms with E-state index < -0.39 is 11.5 Å². The number of nitrogens with one attached hydrogen (secondary N) is 1. The highest BCUT2D eigenvalue weighted by Gasteiger charge is 2.45. The zero-order chi connectivity index (χ0) is 14.6. The van der Waals surface area contributed by atoms with Gasteiger partial charge >= 0.3 is 5.97 Å². The third-order valence-electron chi connectivity index (χ3n) is 3.16. The largest absolute Gasteiger partial charge is 0.437 e. The molecule has 1 saturated heterocycles. The third-order valence-corrected chi connectivity index (χ3v) is 3.16. The van der Waals surface area contributed by atoms with Crippen molar-refractivity contribution in [3.63, 3.8) is 0 Å². The van der Waals surface area contributed by atoms with Crippen molar-refractivity contribution in [1.29, 1.82) is 0 Å². The van der Waals surface area contributed by atoms with E-state index in [1.54, 1.807) is 24.3 Å². The first-order chi connectivity index (χ1) is 9.53. The molecule has 0 aliphatic carbocycles. The molecule has 1 heterocycles. The smallest absolute Gasteiger partial charge is 0.336 e. The van der Waals surface area contributed by atoms with Crippen LogP contribution >= 0.6 is 0 Å². The molecule has 0 bridgehead atoms. The van der Waals surface area contributed by atoms with Crippen LogP contribution in [0.5, 0.6) is 0 Å². The number of carbonyl (C=O) groups is 2. The number of amides is 1. The monoisotopic (exact) mass is 277 g/mol. The van der Waals surface area contributed by atoms with Crippen molar-refractivity contribution in [3.8, 4) is 0 Å². The molecule has 1 fully saturated rings. The van der Waals surface area contributed by atoms with Gasteiger partial charge in [-0.3, -0.25) is 4.79 Å². The maximum absolute atomic E-state index is 12.3. The zero-order valence-electron chi connectivity index (χ0n) is 11.7. The van der Waals surface area contributed by atoms with Gasteiger partial charge in [0, 0.05) is 5.56 Å². The van der Waals surface area contributed by atoms with E-state index in [0.717, 1.165) is 0 Å². The van der Waals surface area contributed by atoms with E-state index in [9.17, 15) is 9.59 Å². The minimum absolute atomic E-state index is 0.0557. The minimum atomic E-state index is -1.10. The maximum Gasteiger partial charge on any atom is 0.336 e. The summed E-state index contributed by atoms with van der Waals surface area (Å²) in [5.74, 6) is -0.504. The van der Waals surface area contributed by atoms with E-state index in [-0.39, 0.29) is 25.2 Å². The van der Waals surface area contributed by atoms with Gasteiger partial charge in [-0.2, -0.15) is 0 Å². The lowest BCUT2D eigenvalue weighted by molar-refractivity contribution is -0.186. The molecule has 108 valence electrons. The number of rotatable bonds is 4. The van der Waals surface area contributed by atoms with Gasteiger partial charge in [0.25, 0.3) is 5.91 Å². The Hall–Kier alpha value is -1.88. The summed E-state index contributed by atoms with van der Waals surface area (Å²) >= 11 is 0. The van der Waals surface area contributed by atoms with E-state index in [1.165, 1.54) is 0 Å². The molecule has 1 aromatic carbocycles. The summed E-state index contributed by atoms with van der Waals surface area (Å²) in [6.07, 6.45) is 0.477. The molecular weight excluding hydrogens is 258 g/mol. The SMILES string of the molecule is CC(C)C[C@]1(NC(=O)c2ccccc2)COCOC1=O. The van der Waals surface area contributed by atoms with Crippen LogP contribution in [0.1, 0.15) is 30.6 Å².